The van der Waals surface area contributed by atoms with Crippen LogP contribution < -0.4 is 26.6 Å². The summed E-state index contributed by atoms with van der Waals surface area (Å²) >= 11 is 12.2. The van der Waals surface area contributed by atoms with E-state index in [0.29, 0.717) is 81.5 Å². The largest absolute Gasteiger partial charge is 0.445 e. The summed E-state index contributed by atoms with van der Waals surface area (Å²) < 4.78 is 45.4. The van der Waals surface area contributed by atoms with E-state index < -0.39 is 53.6 Å². The Morgan fingerprint density at radius 3 is 2.19 bits per heavy atom. The van der Waals surface area contributed by atoms with Crippen LogP contribution in [0.5, 0.6) is 0 Å². The molecule has 5 aromatic carbocycles. The number of cyclic esters (lactones) is 1. The minimum Gasteiger partial charge on any atom is -0.415 e. The van der Waals surface area contributed by atoms with Crippen molar-refractivity contribution in [3.8, 4) is 11.8 Å². The zero-order valence-corrected chi connectivity index (χ0v) is 61.9. The lowest BCUT2D eigenvalue weighted by molar-refractivity contribution is -0.239. The number of β-amino-alcohol motifs (C(OH)–C–C–N with tert-alkyl or cyclic N) is 1. The number of amides is 6. The quantitative estimate of drug-likeness (QED) is 0.0390. The standard InChI is InChI=1S/C36H47N5O4.C31H41ClN4O3.C14H9ClF3NO2/c1-36(2,3)39-35(45)31-24-40(22-26-12-9-15-37-21-26)16-17-41(31)23-29(42)19-28(18-25-10-5-4-6-11-25)34(44)38-33-30-14-8-7-13-27(30)20-32(33)43;1-22-4-9-28(21-29(22)32)36(31(39)27-12-18-35(19-13-27)23(2)37)15-3-14-34-16-10-25(11-17-34)20-24-5-7-26(8-6-24)30(33)38;15-9-3-4-11-10(7-9)13(14(16,17)18,21-12(20)19-11)6-5-8-1-2-8/h4-15,21,28-29,31-33,42-43H,16-20,22-24H2,1-3H3,(H,38,44)(H,39,45);4-9,21,25,27H,3,10-20H2,1-2H3,(H2,33,38);3-4,7-8H,1-2H2,(H,19,20)/t28-,29-,31-,32+,33-;;13-/m0.0/s1. The highest BCUT2D eigenvalue weighted by molar-refractivity contribution is 6.31. The Morgan fingerprint density at radius 2 is 1.53 bits per heavy atom. The summed E-state index contributed by atoms with van der Waals surface area (Å²) in [5.41, 5.74) is 9.40. The predicted octanol–water partition coefficient (Wildman–Crippen LogP) is 11.6. The van der Waals surface area contributed by atoms with E-state index in [1.807, 2.05) is 153 Å². The summed E-state index contributed by atoms with van der Waals surface area (Å²) in [6, 6.07) is 38.0. The summed E-state index contributed by atoms with van der Waals surface area (Å²) in [4.78, 5) is 90.3. The molecule has 0 bridgehead atoms. The number of piperazine rings is 1. The molecule has 19 nitrogen and oxygen atoms in total. The molecular weight excluding hydrogens is 1380 g/mol. The highest BCUT2D eigenvalue weighted by atomic mass is 35.5. The summed E-state index contributed by atoms with van der Waals surface area (Å²) in [6.07, 6.45) is 4.32. The van der Waals surface area contributed by atoms with Gasteiger partial charge >= 0.3 is 12.3 Å². The number of anilines is 2. The Kier molecular flexibility index (Phi) is 27.0. The normalized spacial score (nSPS) is 20.7. The number of likely N-dealkylation sites (tertiary alicyclic amines) is 2. The molecule has 1 aromatic heterocycles. The lowest BCUT2D eigenvalue weighted by Gasteiger charge is -2.42. The van der Waals surface area contributed by atoms with Crippen LogP contribution in [0.25, 0.3) is 0 Å². The molecule has 6 atom stereocenters. The summed E-state index contributed by atoms with van der Waals surface area (Å²) in [5, 5.41) is 31.5. The highest BCUT2D eigenvalue weighted by Gasteiger charge is 2.62. The molecule has 6 aromatic rings. The number of aliphatic hydroxyl groups excluding tert-OH is 2. The van der Waals surface area contributed by atoms with Crippen LogP contribution in [0.15, 0.2) is 140 Å². The molecule has 6 aliphatic rings. The van der Waals surface area contributed by atoms with Crippen molar-refractivity contribution in [3.63, 3.8) is 0 Å². The molecule has 4 fully saturated rings. The number of aromatic nitrogens is 1. The van der Waals surface area contributed by atoms with Crippen molar-refractivity contribution in [2.45, 2.75) is 153 Å². The smallest absolute Gasteiger partial charge is 0.415 e. The van der Waals surface area contributed by atoms with Crippen LogP contribution in [-0.2, 0) is 55.3 Å². The van der Waals surface area contributed by atoms with Crippen LogP contribution in [0.4, 0.5) is 29.3 Å². The number of halogens is 5. The number of hydrogen-bond donors (Lipinski definition) is 6. The Bertz CT molecular complexity index is 4050. The number of nitrogens with two attached hydrogens (primary N) is 1. The number of carbonyl (C=O) groups excluding carboxylic acids is 6. The van der Waals surface area contributed by atoms with Crippen LogP contribution in [0.1, 0.15) is 134 Å². The van der Waals surface area contributed by atoms with Gasteiger partial charge in [-0.15, -0.1) is 0 Å². The first-order valence-electron chi connectivity index (χ1n) is 36.4. The van der Waals surface area contributed by atoms with Crippen LogP contribution in [0.3, 0.4) is 0 Å². The molecule has 12 rings (SSSR count). The van der Waals surface area contributed by atoms with Crippen LogP contribution >= 0.6 is 23.2 Å². The molecule has 4 aliphatic heterocycles. The number of nitrogens with one attached hydrogen (secondary N) is 3. The van der Waals surface area contributed by atoms with Crippen molar-refractivity contribution < 1.29 is 56.9 Å². The van der Waals surface area contributed by atoms with Crippen LogP contribution in [0, 0.1) is 42.4 Å². The number of carbonyl (C=O) groups is 6. The number of aryl methyl sites for hydroxylation is 1. The van der Waals surface area contributed by atoms with Gasteiger partial charge in [-0.2, -0.15) is 13.2 Å². The van der Waals surface area contributed by atoms with Gasteiger partial charge in [-0.1, -0.05) is 108 Å². The molecular formula is C81H97Cl2F3N10O9. The van der Waals surface area contributed by atoms with E-state index in [1.54, 1.807) is 13.1 Å². The monoisotopic (exact) mass is 1480 g/mol. The first-order valence-corrected chi connectivity index (χ1v) is 37.1. The molecule has 6 amide bonds. The SMILES string of the molecule is CC(=O)N1CCC(C(=O)N(CCCN2CCC(Cc3ccc(C(N)=O)cc3)CC2)c2ccc(C)c(Cl)c2)CC1.CC(C)(C)NC(=O)[C@@H]1CN(Cc2cccnc2)CCN1C[C@@H](O)C[C@H](Cc1ccccc1)C(=O)N[C@H]1c2ccccc2C[C@H]1O.O=C1Nc2ccc(Cl)cc2[C@@](C#CC2CC2)(C(F)(F)F)O1. The topological polar surface area (TPSA) is 243 Å². The maximum absolute atomic E-state index is 13.8. The second-order valence-corrected chi connectivity index (χ2v) is 30.5. The summed E-state index contributed by atoms with van der Waals surface area (Å²) in [7, 11) is 0. The fourth-order valence-corrected chi connectivity index (χ4v) is 14.7. The molecule has 3 saturated heterocycles. The number of nitrogens with zero attached hydrogens (tertiary/aromatic N) is 6. The average molecular weight is 1480 g/mol. The minimum atomic E-state index is -4.87. The van der Waals surface area contributed by atoms with Gasteiger partial charge in [-0.25, -0.2) is 4.79 Å². The van der Waals surface area contributed by atoms with Gasteiger partial charge in [0.1, 0.15) is 6.04 Å². The van der Waals surface area contributed by atoms with Crippen molar-refractivity contribution in [1.29, 1.82) is 0 Å². The number of rotatable bonds is 20. The van der Waals surface area contributed by atoms with Crippen molar-refractivity contribution >= 4 is 70.2 Å². The molecule has 2 aliphatic carbocycles. The highest BCUT2D eigenvalue weighted by Crippen LogP contribution is 2.48. The zero-order valence-electron chi connectivity index (χ0n) is 60.4. The Hall–Kier alpha value is -8.40. The molecule has 24 heteroatoms. The summed E-state index contributed by atoms with van der Waals surface area (Å²) in [6.45, 7) is 17.3. The number of piperidine rings is 2. The van der Waals surface area contributed by atoms with Gasteiger partial charge in [0.05, 0.1) is 23.9 Å². The number of benzene rings is 5. The molecule has 0 radical (unpaired) electrons. The van der Waals surface area contributed by atoms with Gasteiger partial charge in [0.2, 0.25) is 29.5 Å². The van der Waals surface area contributed by atoms with E-state index in [-0.39, 0.29) is 70.6 Å². The third-order valence-corrected chi connectivity index (χ3v) is 21.0. The lowest BCUT2D eigenvalue weighted by atomic mass is 9.90. The minimum absolute atomic E-state index is 0.00179. The number of fused-ring (bicyclic) bond motifs is 2. The number of alkyl halides is 3. The van der Waals surface area contributed by atoms with Crippen molar-refractivity contribution in [3.05, 3.63) is 194 Å². The number of ether oxygens (including phenoxy) is 1. The third kappa shape index (κ3) is 21.9. The first kappa shape index (κ1) is 79.2. The Balaban J connectivity index is 0.000000179. The Labute approximate surface area is 623 Å². The predicted molar refractivity (Wildman–Crippen MR) is 400 cm³/mol. The lowest BCUT2D eigenvalue weighted by Crippen LogP contribution is -2.61. The number of hydrogen-bond acceptors (Lipinski definition) is 13. The van der Waals surface area contributed by atoms with E-state index in [0.717, 1.165) is 104 Å². The van der Waals surface area contributed by atoms with Crippen LogP contribution in [-0.4, -0.2) is 166 Å². The number of primary amides is 1. The number of aliphatic hydroxyl groups is 2. The van der Waals surface area contributed by atoms with Crippen molar-refractivity contribution in [2.24, 2.45) is 29.4 Å². The first-order chi connectivity index (χ1) is 50.1. The second-order valence-electron chi connectivity index (χ2n) is 29.6. The maximum Gasteiger partial charge on any atom is 0.445 e. The second kappa shape index (κ2) is 35.8. The van der Waals surface area contributed by atoms with Crippen molar-refractivity contribution in [2.75, 3.05) is 75.7 Å². The van der Waals surface area contributed by atoms with Gasteiger partial charge in [-0.05, 0) is 205 Å². The maximum atomic E-state index is 13.8. The molecule has 5 heterocycles. The molecule has 0 unspecified atom stereocenters. The van der Waals surface area contributed by atoms with E-state index in [4.69, 9.17) is 28.9 Å². The average Bonchev–Trinajstić information content (AvgIpc) is 1.19. The van der Waals surface area contributed by atoms with E-state index in [1.165, 1.54) is 17.7 Å². The molecule has 1 saturated carbocycles. The van der Waals surface area contributed by atoms with E-state index in [9.17, 15) is 52.2 Å². The fraction of sp³-hybridized carbons (Fsp3) is 0.469. The molecule has 7 N–H and O–H groups in total. The summed E-state index contributed by atoms with van der Waals surface area (Å²) in [5.74, 6) is 4.20. The third-order valence-electron chi connectivity index (χ3n) is 20.3. The van der Waals surface area contributed by atoms with Gasteiger partial charge < -0.3 is 46.0 Å². The number of pyridine rings is 1. The van der Waals surface area contributed by atoms with E-state index >= 15 is 0 Å². The molecule has 105 heavy (non-hydrogen) atoms. The van der Waals surface area contributed by atoms with Gasteiger partial charge in [0, 0.05) is 128 Å². The van der Waals surface area contributed by atoms with Crippen LogP contribution in [0.2, 0.25) is 10.0 Å². The van der Waals surface area contributed by atoms with Gasteiger partial charge in [0.15, 0.2) is 0 Å². The molecule has 560 valence electrons. The van der Waals surface area contributed by atoms with E-state index in [2.05, 4.69) is 52.2 Å². The molecule has 0 spiro atoms. The van der Waals surface area contributed by atoms with Gasteiger partial charge in [0.25, 0.3) is 5.60 Å². The fourth-order valence-electron chi connectivity index (χ4n) is 14.4. The zero-order chi connectivity index (χ0) is 75.2. The van der Waals surface area contributed by atoms with Gasteiger partial charge in [-0.3, -0.25) is 44.1 Å². The van der Waals surface area contributed by atoms with Crippen molar-refractivity contribution in [1.82, 2.24) is 35.2 Å². The Morgan fingerprint density at radius 1 is 0.829 bits per heavy atom.